The molecule has 3 heteroatoms. The van der Waals surface area contributed by atoms with Crippen LogP contribution in [0.4, 0.5) is 0 Å². The third kappa shape index (κ3) is 3.29. The highest BCUT2D eigenvalue weighted by Gasteiger charge is 2.22. The van der Waals surface area contributed by atoms with E-state index in [1.807, 2.05) is 11.9 Å². The van der Waals surface area contributed by atoms with Crippen molar-refractivity contribution in [3.63, 3.8) is 0 Å². The number of amides is 1. The minimum Gasteiger partial charge on any atom is -0.342 e. The Hall–Kier alpha value is -0.570. The summed E-state index contributed by atoms with van der Waals surface area (Å²) in [7, 11) is 1.94. The van der Waals surface area contributed by atoms with E-state index in [1.165, 1.54) is 25.7 Å². The lowest BCUT2D eigenvalue weighted by Gasteiger charge is -2.24. The highest BCUT2D eigenvalue weighted by Crippen LogP contribution is 2.22. The molecule has 0 aromatic heterocycles. The fourth-order valence-electron chi connectivity index (χ4n) is 1.99. The molecule has 1 amide bonds. The Labute approximate surface area is 86.9 Å². The molecular weight excluding hydrogens is 176 g/mol. The standard InChI is InChI=1S/C11H22N2O/c1-3-8-12-9-11(14)13(2)10-6-4-5-7-10/h10,12H,3-9H2,1-2H3. The maximum absolute atomic E-state index is 11.7. The quantitative estimate of drug-likeness (QED) is 0.677. The first kappa shape index (κ1) is 11.5. The largest absolute Gasteiger partial charge is 0.342 e. The zero-order chi connectivity index (χ0) is 10.4. The molecule has 0 atom stereocenters. The average Bonchev–Trinajstić information content (AvgIpc) is 2.69. The average molecular weight is 198 g/mol. The summed E-state index contributed by atoms with van der Waals surface area (Å²) in [5.41, 5.74) is 0. The highest BCUT2D eigenvalue weighted by atomic mass is 16.2. The zero-order valence-corrected chi connectivity index (χ0v) is 9.38. The Morgan fingerprint density at radius 2 is 2.07 bits per heavy atom. The maximum atomic E-state index is 11.7. The van der Waals surface area contributed by atoms with Gasteiger partial charge in [-0.15, -0.1) is 0 Å². The van der Waals surface area contributed by atoms with Crippen molar-refractivity contribution in [2.24, 2.45) is 0 Å². The lowest BCUT2D eigenvalue weighted by atomic mass is 10.2. The Morgan fingerprint density at radius 3 is 2.64 bits per heavy atom. The smallest absolute Gasteiger partial charge is 0.236 e. The minimum atomic E-state index is 0.241. The molecule has 0 unspecified atom stereocenters. The number of carbonyl (C=O) groups is 1. The fraction of sp³-hybridized carbons (Fsp3) is 0.909. The van der Waals surface area contributed by atoms with Gasteiger partial charge in [0, 0.05) is 13.1 Å². The summed E-state index contributed by atoms with van der Waals surface area (Å²) in [5, 5.41) is 3.15. The van der Waals surface area contributed by atoms with Gasteiger partial charge in [-0.25, -0.2) is 0 Å². The first-order valence-corrected chi connectivity index (χ1v) is 5.72. The molecule has 0 radical (unpaired) electrons. The predicted molar refractivity (Wildman–Crippen MR) is 58.2 cm³/mol. The van der Waals surface area contributed by atoms with Crippen molar-refractivity contribution in [1.29, 1.82) is 0 Å². The van der Waals surface area contributed by atoms with Gasteiger partial charge < -0.3 is 10.2 Å². The molecule has 1 aliphatic carbocycles. The molecule has 1 saturated carbocycles. The van der Waals surface area contributed by atoms with E-state index in [-0.39, 0.29) is 5.91 Å². The predicted octanol–water partition coefficient (Wildman–Crippen LogP) is 1.39. The minimum absolute atomic E-state index is 0.241. The third-order valence-electron chi connectivity index (χ3n) is 2.97. The van der Waals surface area contributed by atoms with Crippen LogP contribution in [-0.4, -0.2) is 37.0 Å². The molecule has 1 fully saturated rings. The van der Waals surface area contributed by atoms with Crippen LogP contribution in [0.25, 0.3) is 0 Å². The molecule has 0 bridgehead atoms. The fourth-order valence-corrected chi connectivity index (χ4v) is 1.99. The molecule has 14 heavy (non-hydrogen) atoms. The molecule has 0 aromatic carbocycles. The number of rotatable bonds is 5. The highest BCUT2D eigenvalue weighted by molar-refractivity contribution is 5.78. The summed E-state index contributed by atoms with van der Waals surface area (Å²) < 4.78 is 0. The molecule has 3 nitrogen and oxygen atoms in total. The zero-order valence-electron chi connectivity index (χ0n) is 9.38. The van der Waals surface area contributed by atoms with Crippen LogP contribution < -0.4 is 5.32 Å². The van der Waals surface area contributed by atoms with Crippen molar-refractivity contribution in [3.05, 3.63) is 0 Å². The molecule has 1 N–H and O–H groups in total. The van der Waals surface area contributed by atoms with E-state index >= 15 is 0 Å². The van der Waals surface area contributed by atoms with Crippen molar-refractivity contribution in [3.8, 4) is 0 Å². The van der Waals surface area contributed by atoms with Crippen LogP contribution in [0.3, 0.4) is 0 Å². The van der Waals surface area contributed by atoms with Gasteiger partial charge in [0.05, 0.1) is 6.54 Å². The number of hydrogen-bond donors (Lipinski definition) is 1. The summed E-state index contributed by atoms with van der Waals surface area (Å²) in [6.07, 6.45) is 6.03. The second-order valence-corrected chi connectivity index (χ2v) is 4.12. The summed E-state index contributed by atoms with van der Waals surface area (Å²) in [6.45, 7) is 3.54. The molecule has 0 aliphatic heterocycles. The summed E-state index contributed by atoms with van der Waals surface area (Å²) in [6, 6.07) is 0.505. The van der Waals surface area contributed by atoms with Crippen LogP contribution in [0, 0.1) is 0 Å². The molecule has 0 spiro atoms. The van der Waals surface area contributed by atoms with Crippen LogP contribution in [-0.2, 0) is 4.79 Å². The van der Waals surface area contributed by atoms with E-state index < -0.39 is 0 Å². The van der Waals surface area contributed by atoms with Crippen molar-refractivity contribution < 1.29 is 4.79 Å². The second-order valence-electron chi connectivity index (χ2n) is 4.12. The maximum Gasteiger partial charge on any atom is 0.236 e. The molecular formula is C11H22N2O. The molecule has 82 valence electrons. The van der Waals surface area contributed by atoms with E-state index in [2.05, 4.69) is 12.2 Å². The number of carbonyl (C=O) groups excluding carboxylic acids is 1. The van der Waals surface area contributed by atoms with Gasteiger partial charge in [-0.05, 0) is 25.8 Å². The van der Waals surface area contributed by atoms with E-state index in [9.17, 15) is 4.79 Å². The number of hydrogen-bond acceptors (Lipinski definition) is 2. The first-order valence-electron chi connectivity index (χ1n) is 5.72. The molecule has 0 saturated heterocycles. The Morgan fingerprint density at radius 1 is 1.43 bits per heavy atom. The van der Waals surface area contributed by atoms with Gasteiger partial charge in [-0.1, -0.05) is 19.8 Å². The van der Waals surface area contributed by atoms with Crippen LogP contribution >= 0.6 is 0 Å². The van der Waals surface area contributed by atoms with E-state index in [4.69, 9.17) is 0 Å². The van der Waals surface area contributed by atoms with Crippen LogP contribution in [0.2, 0.25) is 0 Å². The number of likely N-dealkylation sites (N-methyl/N-ethyl adjacent to an activating group) is 1. The van der Waals surface area contributed by atoms with E-state index in [1.54, 1.807) is 0 Å². The SMILES string of the molecule is CCCNCC(=O)N(C)C1CCCC1. The molecule has 0 heterocycles. The topological polar surface area (TPSA) is 32.3 Å². The number of nitrogens with one attached hydrogen (secondary N) is 1. The van der Waals surface area contributed by atoms with Gasteiger partial charge in [-0.2, -0.15) is 0 Å². The Bertz CT molecular complexity index is 176. The molecule has 0 aromatic rings. The number of nitrogens with zero attached hydrogens (tertiary/aromatic N) is 1. The van der Waals surface area contributed by atoms with Crippen molar-refractivity contribution in [2.45, 2.75) is 45.1 Å². The third-order valence-corrected chi connectivity index (χ3v) is 2.97. The molecule has 1 rings (SSSR count). The van der Waals surface area contributed by atoms with E-state index in [0.29, 0.717) is 12.6 Å². The van der Waals surface area contributed by atoms with Crippen LogP contribution in [0.15, 0.2) is 0 Å². The first-order chi connectivity index (χ1) is 6.75. The Kier molecular flexibility index (Phi) is 4.94. The van der Waals surface area contributed by atoms with E-state index in [0.717, 1.165) is 13.0 Å². The van der Waals surface area contributed by atoms with Crippen LogP contribution in [0.5, 0.6) is 0 Å². The summed E-state index contributed by atoms with van der Waals surface area (Å²) in [4.78, 5) is 13.6. The summed E-state index contributed by atoms with van der Waals surface area (Å²) >= 11 is 0. The van der Waals surface area contributed by atoms with Gasteiger partial charge in [0.1, 0.15) is 0 Å². The van der Waals surface area contributed by atoms with Crippen molar-refractivity contribution in [2.75, 3.05) is 20.1 Å². The van der Waals surface area contributed by atoms with Gasteiger partial charge in [0.15, 0.2) is 0 Å². The lowest BCUT2D eigenvalue weighted by Crippen LogP contribution is -2.40. The van der Waals surface area contributed by atoms with Gasteiger partial charge >= 0.3 is 0 Å². The molecule has 1 aliphatic rings. The van der Waals surface area contributed by atoms with Gasteiger partial charge in [0.25, 0.3) is 0 Å². The monoisotopic (exact) mass is 198 g/mol. The van der Waals surface area contributed by atoms with Gasteiger partial charge in [0.2, 0.25) is 5.91 Å². The van der Waals surface area contributed by atoms with Gasteiger partial charge in [-0.3, -0.25) is 4.79 Å². The summed E-state index contributed by atoms with van der Waals surface area (Å²) in [5.74, 6) is 0.241. The Balaban J connectivity index is 2.21. The van der Waals surface area contributed by atoms with Crippen molar-refractivity contribution >= 4 is 5.91 Å². The lowest BCUT2D eigenvalue weighted by molar-refractivity contribution is -0.130. The normalized spacial score (nSPS) is 17.3. The second kappa shape index (κ2) is 6.02. The van der Waals surface area contributed by atoms with Crippen molar-refractivity contribution in [1.82, 2.24) is 10.2 Å². The van der Waals surface area contributed by atoms with Crippen LogP contribution in [0.1, 0.15) is 39.0 Å².